The first-order valence-corrected chi connectivity index (χ1v) is 36.3. The highest BCUT2D eigenvalue weighted by Gasteiger charge is 2.35. The molecule has 0 saturated heterocycles. The largest absolute Gasteiger partial charge is 0.435 e. The highest BCUT2D eigenvalue weighted by Crippen LogP contribution is 2.35. The fourth-order valence-corrected chi connectivity index (χ4v) is 12.1. The Morgan fingerprint density at radius 3 is 1.67 bits per heavy atom. The van der Waals surface area contributed by atoms with E-state index in [1.165, 1.54) is 11.6 Å². The summed E-state index contributed by atoms with van der Waals surface area (Å²) in [5, 5.41) is 25.6. The van der Waals surface area contributed by atoms with Crippen LogP contribution < -0.4 is 20.0 Å². The van der Waals surface area contributed by atoms with Crippen molar-refractivity contribution in [2.75, 3.05) is 66.8 Å². The summed E-state index contributed by atoms with van der Waals surface area (Å²) in [5.74, 6) is 3.69. The molecule has 32 nitrogen and oxygen atoms in total. The SMILES string of the molecule is CCN(CC)c1ccc(N=C2C(C)=Nn3c2nc(-c2cc(C)n(C)n2)c3C(=O)NC)c(C)c1.CCN(CCS(=O)(=O)O)c1ccc(N=C2C(OC=C=C=O)=Nn3c2nc(-c2cc(C)n(C)n2)c3C)c(C)c1.CCc1nc2n(c1-c1cnccn1)N=C(C)C2=Nc1ccc(N(CC)CC)nc1C.O=S(=O)=O. The summed E-state index contributed by atoms with van der Waals surface area (Å²) in [5.41, 5.74) is 20.6. The maximum Gasteiger partial charge on any atom is 0.425 e. The first-order chi connectivity index (χ1) is 50.1. The highest BCUT2D eigenvalue weighted by molar-refractivity contribution is 7.85. The normalized spacial score (nSPS) is 13.6. The van der Waals surface area contributed by atoms with Gasteiger partial charge >= 0.3 is 10.6 Å². The van der Waals surface area contributed by atoms with Crippen LogP contribution in [-0.4, -0.2) is 187 Å². The van der Waals surface area contributed by atoms with Crippen molar-refractivity contribution in [3.8, 4) is 34.2 Å². The third-order valence-electron chi connectivity index (χ3n) is 17.3. The van der Waals surface area contributed by atoms with Crippen LogP contribution in [0.1, 0.15) is 123 Å². The highest BCUT2D eigenvalue weighted by atomic mass is 32.2. The Balaban J connectivity index is 0.000000179. The van der Waals surface area contributed by atoms with Gasteiger partial charge in [-0.1, -0.05) is 6.92 Å². The van der Waals surface area contributed by atoms with Gasteiger partial charge in [0.1, 0.15) is 57.7 Å². The minimum atomic E-state index is -4.08. The number of anilines is 3. The zero-order valence-electron chi connectivity index (χ0n) is 61.6. The number of hydrogen-bond donors (Lipinski definition) is 2. The van der Waals surface area contributed by atoms with Crippen molar-refractivity contribution in [1.29, 1.82) is 0 Å². The van der Waals surface area contributed by atoms with E-state index in [1.807, 2.05) is 122 Å². The van der Waals surface area contributed by atoms with Crippen LogP contribution >= 0.6 is 0 Å². The number of aliphatic imine (C=N–C) groups is 3. The van der Waals surface area contributed by atoms with Gasteiger partial charge in [0.2, 0.25) is 0 Å². The van der Waals surface area contributed by atoms with E-state index in [1.54, 1.807) is 50.4 Å². The summed E-state index contributed by atoms with van der Waals surface area (Å²) in [6.07, 6.45) is 6.91. The topological polar surface area (TPSA) is 373 Å². The van der Waals surface area contributed by atoms with Gasteiger partial charge in [-0.15, -0.1) is 17.7 Å². The van der Waals surface area contributed by atoms with Crippen molar-refractivity contribution in [2.45, 2.75) is 103 Å². The van der Waals surface area contributed by atoms with E-state index in [2.05, 4.69) is 105 Å². The predicted octanol–water partition coefficient (Wildman–Crippen LogP) is 9.01. The van der Waals surface area contributed by atoms with Gasteiger partial charge in [-0.2, -0.15) is 28.8 Å². The van der Waals surface area contributed by atoms with Gasteiger partial charge in [0.15, 0.2) is 34.8 Å². The van der Waals surface area contributed by atoms with Crippen molar-refractivity contribution in [2.24, 2.45) is 44.4 Å². The summed E-state index contributed by atoms with van der Waals surface area (Å²) >= 11 is 0. The number of rotatable bonds is 20. The number of pyridine rings is 1. The number of ether oxygens (including phenoxy) is 1. The van der Waals surface area contributed by atoms with Gasteiger partial charge in [0.25, 0.3) is 21.9 Å². The molecule has 0 unspecified atom stereocenters. The number of aryl methyl sites for hydroxylation is 8. The lowest BCUT2D eigenvalue weighted by Crippen LogP contribution is -2.28. The molecule has 3 aliphatic heterocycles. The molecule has 10 heterocycles. The average Bonchev–Trinajstić information content (AvgIpc) is 1.63. The molecular formula is C71H83N23O9S2. The van der Waals surface area contributed by atoms with Crippen molar-refractivity contribution < 1.29 is 39.9 Å². The maximum absolute atomic E-state index is 12.8. The molecule has 7 aromatic heterocycles. The van der Waals surface area contributed by atoms with E-state index in [0.717, 1.165) is 130 Å². The summed E-state index contributed by atoms with van der Waals surface area (Å²) in [6.45, 7) is 32.5. The lowest BCUT2D eigenvalue weighted by molar-refractivity contribution is 0.0955. The summed E-state index contributed by atoms with van der Waals surface area (Å²) in [7, 11) is -1.87. The average molecular weight is 1470 g/mol. The molecule has 9 aromatic rings. The van der Waals surface area contributed by atoms with Gasteiger partial charge in [-0.05, 0) is 168 Å². The molecule has 0 fully saturated rings. The van der Waals surface area contributed by atoms with Crippen LogP contribution in [0, 0.1) is 41.5 Å². The summed E-state index contributed by atoms with van der Waals surface area (Å²) < 4.78 is 70.9. The third-order valence-corrected chi connectivity index (χ3v) is 18.0. The van der Waals surface area contributed by atoms with Gasteiger partial charge in [-0.3, -0.25) is 28.7 Å². The number of nitrogens with zero attached hydrogens (tertiary/aromatic N) is 22. The Bertz CT molecular complexity index is 5280. The molecule has 2 aromatic carbocycles. The molecule has 1 amide bonds. The van der Waals surface area contributed by atoms with Crippen LogP contribution in [0.4, 0.5) is 34.3 Å². The molecule has 2 N–H and O–H groups in total. The molecule has 34 heteroatoms. The first-order valence-electron chi connectivity index (χ1n) is 33.7. The van der Waals surface area contributed by atoms with Crippen molar-refractivity contribution in [1.82, 2.24) is 68.8 Å². The molecule has 0 atom stereocenters. The molecule has 105 heavy (non-hydrogen) atoms. The molecule has 0 bridgehead atoms. The first kappa shape index (κ1) is 77.3. The molecule has 548 valence electrons. The van der Waals surface area contributed by atoms with E-state index < -0.39 is 20.7 Å². The predicted molar refractivity (Wildman–Crippen MR) is 405 cm³/mol. The van der Waals surface area contributed by atoms with Crippen molar-refractivity contribution >= 4 is 101 Å². The van der Waals surface area contributed by atoms with Crippen LogP contribution in [0.25, 0.3) is 34.2 Å². The Hall–Kier alpha value is -11.8. The lowest BCUT2D eigenvalue weighted by Gasteiger charge is -2.23. The fourth-order valence-electron chi connectivity index (χ4n) is 11.6. The summed E-state index contributed by atoms with van der Waals surface area (Å²) in [4.78, 5) is 72.1. The van der Waals surface area contributed by atoms with Crippen LogP contribution in [0.2, 0.25) is 0 Å². The quantitative estimate of drug-likeness (QED) is 0.0311. The second kappa shape index (κ2) is 33.5. The fraction of sp³-hybridized carbons (Fsp3) is 0.352. The Labute approximate surface area is 609 Å². The Morgan fingerprint density at radius 1 is 0.638 bits per heavy atom. The molecule has 12 rings (SSSR count). The number of imidazole rings is 3. The van der Waals surface area contributed by atoms with E-state index in [4.69, 9.17) is 61.9 Å². The van der Waals surface area contributed by atoms with E-state index >= 15 is 0 Å². The number of carbonyl (C=O) groups excluding carboxylic acids is 2. The van der Waals surface area contributed by atoms with Gasteiger partial charge in [-0.25, -0.2) is 53.7 Å². The van der Waals surface area contributed by atoms with Crippen molar-refractivity contribution in [3.63, 3.8) is 0 Å². The van der Waals surface area contributed by atoms with Crippen LogP contribution in [0.15, 0.2) is 122 Å². The Kier molecular flexibility index (Phi) is 24.7. The van der Waals surface area contributed by atoms with E-state index in [9.17, 15) is 18.0 Å². The van der Waals surface area contributed by atoms with E-state index in [-0.39, 0.29) is 24.1 Å². The minimum Gasteiger partial charge on any atom is -0.435 e. The number of benzene rings is 2. The molecule has 3 aliphatic rings. The maximum atomic E-state index is 12.8. The number of amides is 1. The third kappa shape index (κ3) is 17.3. The number of aromatic nitrogens is 13. The number of nitrogens with one attached hydrogen (secondary N) is 1. The Morgan fingerprint density at radius 2 is 1.16 bits per heavy atom. The number of fused-ring (bicyclic) bond motifs is 3. The second-order valence-electron chi connectivity index (χ2n) is 24.0. The van der Waals surface area contributed by atoms with Crippen LogP contribution in [0.5, 0.6) is 0 Å². The minimum absolute atomic E-state index is 0.133. The molecular weight excluding hydrogens is 1380 g/mol. The molecule has 0 saturated carbocycles. The molecule has 0 radical (unpaired) electrons. The summed E-state index contributed by atoms with van der Waals surface area (Å²) in [6, 6.07) is 19.7. The van der Waals surface area contributed by atoms with Gasteiger partial charge in [0, 0.05) is 101 Å². The zero-order chi connectivity index (χ0) is 76.3. The second-order valence-corrected chi connectivity index (χ2v) is 26.0. The monoisotopic (exact) mass is 1470 g/mol. The molecule has 0 aliphatic carbocycles. The van der Waals surface area contributed by atoms with Crippen LogP contribution in [0.3, 0.4) is 0 Å². The smallest absolute Gasteiger partial charge is 0.425 e. The number of hydrogen-bond acceptors (Lipinski definition) is 25. The van der Waals surface area contributed by atoms with Gasteiger partial charge in [0.05, 0.1) is 57.5 Å². The van der Waals surface area contributed by atoms with E-state index in [0.29, 0.717) is 69.5 Å². The molecule has 0 spiro atoms. The van der Waals surface area contributed by atoms with Crippen LogP contribution in [-0.2, 0) is 50.8 Å². The van der Waals surface area contributed by atoms with Crippen molar-refractivity contribution in [3.05, 3.63) is 154 Å². The standard InChI is InChI=1S/C25H27N7O5S.C24H30N8O.C22H26N8.O3S/c1-6-31(10-13-38(34,35)36)19-8-9-20(16(2)14-19)26-23-24-27-22(21-15-17(3)30(5)28-21)18(4)32(24)29-25(23)37-12-7-11-33;1-8-31(9-2)17-10-11-18(14(3)12-17)26-20-16(5)28-32-22(24(33)25-6)21(27-23(20)32)19-13-15(4)30(7)29-19;1-6-16-21(18-13-23-11-12-24-18)30-22(27-16)20(15(5)28-30)26-17-9-10-19(25-14(17)4)29(7-2)8-3;1-4(2)3/h8-9,12,14-15H,6,10,13H2,1-5H3,(H,34,35,36);10-13H,8-9H2,1-7H3,(H,25,33);9-13H,6-8H2,1-5H3;. The zero-order valence-corrected chi connectivity index (χ0v) is 63.2. The number of carbonyl (C=O) groups is 1. The lowest BCUT2D eigenvalue weighted by atomic mass is 10.1. The van der Waals surface area contributed by atoms with Gasteiger partial charge < -0.3 is 24.8 Å².